The number of pyridine rings is 2. The van der Waals surface area contributed by atoms with Crippen molar-refractivity contribution in [1.82, 2.24) is 29.5 Å². The van der Waals surface area contributed by atoms with Crippen molar-refractivity contribution >= 4 is 28.5 Å². The summed E-state index contributed by atoms with van der Waals surface area (Å²) in [6.45, 7) is 11.1. The summed E-state index contributed by atoms with van der Waals surface area (Å²) >= 11 is 0. The van der Waals surface area contributed by atoms with Gasteiger partial charge in [0.1, 0.15) is 11.4 Å². The van der Waals surface area contributed by atoms with Gasteiger partial charge in [0.05, 0.1) is 11.7 Å². The van der Waals surface area contributed by atoms with Crippen LogP contribution in [0.5, 0.6) is 0 Å². The minimum absolute atomic E-state index is 0.0967. The van der Waals surface area contributed by atoms with Gasteiger partial charge in [-0.25, -0.2) is 19.3 Å². The van der Waals surface area contributed by atoms with Gasteiger partial charge >= 0.3 is 6.09 Å². The average Bonchev–Trinajstić information content (AvgIpc) is 3.35. The number of hydrogen-bond acceptors (Lipinski definition) is 7. The van der Waals surface area contributed by atoms with Crippen molar-refractivity contribution in [3.63, 3.8) is 0 Å². The predicted molar refractivity (Wildman–Crippen MR) is 156 cm³/mol. The molecule has 1 amide bonds. The molecule has 1 aliphatic heterocycles. The van der Waals surface area contributed by atoms with Crippen LogP contribution in [0.1, 0.15) is 34.6 Å². The SMILES string of the molecule is CC1CN(C(=O)OC(C)(C)C)CC(C)N1c1ccc(-c2cnc3c(-c4cccc5ncccc45)cnn3c2)cn1. The number of carbonyl (C=O) groups excluding carboxylic acids is 1. The van der Waals surface area contributed by atoms with Crippen LogP contribution in [-0.4, -0.2) is 66.3 Å². The maximum Gasteiger partial charge on any atom is 0.410 e. The molecule has 1 aliphatic rings. The lowest BCUT2D eigenvalue weighted by atomic mass is 10.0. The number of piperazine rings is 1. The Balaban J connectivity index is 1.22. The second-order valence-corrected chi connectivity index (χ2v) is 11.4. The second-order valence-electron chi connectivity index (χ2n) is 11.4. The van der Waals surface area contributed by atoms with E-state index in [0.717, 1.165) is 44.6 Å². The first-order valence-electron chi connectivity index (χ1n) is 13.6. The number of anilines is 1. The molecule has 0 saturated carbocycles. The van der Waals surface area contributed by atoms with Crippen molar-refractivity contribution in [3.05, 3.63) is 73.4 Å². The van der Waals surface area contributed by atoms with Gasteiger partial charge in [-0.15, -0.1) is 0 Å². The number of hydrogen-bond donors (Lipinski definition) is 0. The number of nitrogens with zero attached hydrogens (tertiary/aromatic N) is 7. The van der Waals surface area contributed by atoms with Crippen molar-refractivity contribution in [2.45, 2.75) is 52.3 Å². The first kappa shape index (κ1) is 25.7. The van der Waals surface area contributed by atoms with Crippen LogP contribution in [0.4, 0.5) is 10.6 Å². The lowest BCUT2D eigenvalue weighted by molar-refractivity contribution is 0.0192. The molecule has 0 N–H and O–H groups in total. The lowest BCUT2D eigenvalue weighted by Gasteiger charge is -2.45. The third kappa shape index (κ3) is 4.83. The Morgan fingerprint density at radius 1 is 0.875 bits per heavy atom. The van der Waals surface area contributed by atoms with Gasteiger partial charge in [-0.05, 0) is 64.4 Å². The molecule has 1 aromatic carbocycles. The molecule has 6 rings (SSSR count). The molecule has 5 heterocycles. The topological polar surface area (TPSA) is 88.8 Å². The van der Waals surface area contributed by atoms with E-state index in [4.69, 9.17) is 14.7 Å². The molecule has 0 spiro atoms. The van der Waals surface area contributed by atoms with E-state index in [-0.39, 0.29) is 18.2 Å². The van der Waals surface area contributed by atoms with Gasteiger partial charge in [-0.3, -0.25) is 4.98 Å². The fourth-order valence-electron chi connectivity index (χ4n) is 5.51. The molecule has 9 heteroatoms. The zero-order valence-electron chi connectivity index (χ0n) is 23.4. The molecule has 4 aromatic heterocycles. The number of aromatic nitrogens is 5. The number of carbonyl (C=O) groups is 1. The van der Waals surface area contributed by atoms with Gasteiger partial charge in [0.15, 0.2) is 5.65 Å². The summed E-state index contributed by atoms with van der Waals surface area (Å²) in [4.78, 5) is 30.8. The third-order valence-electron chi connectivity index (χ3n) is 7.21. The average molecular weight is 536 g/mol. The van der Waals surface area contributed by atoms with Crippen molar-refractivity contribution in [2.24, 2.45) is 0 Å². The monoisotopic (exact) mass is 535 g/mol. The highest BCUT2D eigenvalue weighted by atomic mass is 16.6. The molecule has 9 nitrogen and oxygen atoms in total. The van der Waals surface area contributed by atoms with E-state index in [9.17, 15) is 4.79 Å². The van der Waals surface area contributed by atoms with Crippen molar-refractivity contribution in [1.29, 1.82) is 0 Å². The lowest BCUT2D eigenvalue weighted by Crippen LogP contribution is -2.59. The summed E-state index contributed by atoms with van der Waals surface area (Å²) in [5.74, 6) is 0.882. The fourth-order valence-corrected chi connectivity index (χ4v) is 5.51. The minimum atomic E-state index is -0.513. The van der Waals surface area contributed by atoms with Crippen LogP contribution in [0.15, 0.2) is 73.4 Å². The largest absolute Gasteiger partial charge is 0.444 e. The first-order valence-corrected chi connectivity index (χ1v) is 13.6. The Labute approximate surface area is 233 Å². The molecule has 204 valence electrons. The number of ether oxygens (including phenoxy) is 1. The van der Waals surface area contributed by atoms with Crippen molar-refractivity contribution < 1.29 is 9.53 Å². The highest BCUT2D eigenvalue weighted by Gasteiger charge is 2.34. The smallest absolute Gasteiger partial charge is 0.410 e. The van der Waals surface area contributed by atoms with E-state index in [2.05, 4.69) is 47.0 Å². The molecular weight excluding hydrogens is 502 g/mol. The zero-order chi connectivity index (χ0) is 28.0. The molecule has 40 heavy (non-hydrogen) atoms. The fraction of sp³-hybridized carbons (Fsp3) is 0.323. The summed E-state index contributed by atoms with van der Waals surface area (Å²) in [6, 6.07) is 14.4. The summed E-state index contributed by atoms with van der Waals surface area (Å²) in [5.41, 5.74) is 5.12. The van der Waals surface area contributed by atoms with Gasteiger partial charge in [0.25, 0.3) is 0 Å². The standard InChI is InChI=1S/C31H33N7O2/c1-20-17-36(30(39)40-31(3,4)5)18-21(2)38(20)28-12-11-22(14-33-28)23-15-34-29-26(16-35-37(29)19-23)24-8-6-10-27-25(24)9-7-13-32-27/h6-16,19-21H,17-18H2,1-5H3. The molecule has 5 aromatic rings. The van der Waals surface area contributed by atoms with E-state index in [0.29, 0.717) is 13.1 Å². The quantitative estimate of drug-likeness (QED) is 0.287. The minimum Gasteiger partial charge on any atom is -0.444 e. The third-order valence-corrected chi connectivity index (χ3v) is 7.21. The van der Waals surface area contributed by atoms with Gasteiger partial charge in [0.2, 0.25) is 0 Å². The van der Waals surface area contributed by atoms with Crippen LogP contribution in [0.2, 0.25) is 0 Å². The maximum absolute atomic E-state index is 12.6. The Bertz CT molecular complexity index is 1670. The predicted octanol–water partition coefficient (Wildman–Crippen LogP) is 5.84. The van der Waals surface area contributed by atoms with E-state index >= 15 is 0 Å². The Morgan fingerprint density at radius 2 is 1.65 bits per heavy atom. The van der Waals surface area contributed by atoms with E-state index in [1.807, 2.05) is 74.3 Å². The molecule has 1 fully saturated rings. The summed E-state index contributed by atoms with van der Waals surface area (Å²) in [6.07, 6.45) is 9.11. The van der Waals surface area contributed by atoms with E-state index in [1.54, 1.807) is 11.1 Å². The van der Waals surface area contributed by atoms with E-state index in [1.165, 1.54) is 0 Å². The highest BCUT2D eigenvalue weighted by molar-refractivity contribution is 5.97. The van der Waals surface area contributed by atoms with Crippen LogP contribution in [0.3, 0.4) is 0 Å². The first-order chi connectivity index (χ1) is 19.2. The highest BCUT2D eigenvalue weighted by Crippen LogP contribution is 2.31. The summed E-state index contributed by atoms with van der Waals surface area (Å²) in [7, 11) is 0. The summed E-state index contributed by atoms with van der Waals surface area (Å²) in [5, 5.41) is 5.68. The second kappa shape index (κ2) is 9.89. The van der Waals surface area contributed by atoms with Crippen LogP contribution in [-0.2, 0) is 4.74 Å². The molecule has 0 radical (unpaired) electrons. The molecule has 1 saturated heterocycles. The maximum atomic E-state index is 12.6. The molecule has 0 bridgehead atoms. The van der Waals surface area contributed by atoms with Crippen LogP contribution >= 0.6 is 0 Å². The van der Waals surface area contributed by atoms with Crippen molar-refractivity contribution in [3.8, 4) is 22.3 Å². The summed E-state index contributed by atoms with van der Waals surface area (Å²) < 4.78 is 7.41. The number of fused-ring (bicyclic) bond motifs is 2. The van der Waals surface area contributed by atoms with Crippen LogP contribution < -0.4 is 4.90 Å². The molecule has 2 atom stereocenters. The number of rotatable bonds is 3. The Hall–Kier alpha value is -4.53. The van der Waals surface area contributed by atoms with Gasteiger partial charge in [-0.1, -0.05) is 18.2 Å². The van der Waals surface area contributed by atoms with Gasteiger partial charge < -0.3 is 14.5 Å². The van der Waals surface area contributed by atoms with Gasteiger partial charge in [-0.2, -0.15) is 5.10 Å². The number of amides is 1. The Morgan fingerprint density at radius 3 is 2.38 bits per heavy atom. The normalized spacial score (nSPS) is 17.9. The zero-order valence-corrected chi connectivity index (χ0v) is 23.4. The van der Waals surface area contributed by atoms with Crippen LogP contribution in [0.25, 0.3) is 38.8 Å². The van der Waals surface area contributed by atoms with E-state index < -0.39 is 5.60 Å². The Kier molecular flexibility index (Phi) is 6.37. The number of benzene rings is 1. The molecule has 2 unspecified atom stereocenters. The molecular formula is C31H33N7O2. The van der Waals surface area contributed by atoms with Crippen LogP contribution in [0, 0.1) is 0 Å². The van der Waals surface area contributed by atoms with Gasteiger partial charge in [0, 0.05) is 72.0 Å². The van der Waals surface area contributed by atoms with Crippen molar-refractivity contribution in [2.75, 3.05) is 18.0 Å². The molecule has 0 aliphatic carbocycles.